The van der Waals surface area contributed by atoms with Gasteiger partial charge in [-0.3, -0.25) is 4.90 Å². The lowest BCUT2D eigenvalue weighted by molar-refractivity contribution is 0.0693. The summed E-state index contributed by atoms with van der Waals surface area (Å²) in [5.74, 6) is 0.340. The Hall–Kier alpha value is -2.99. The molecule has 2 heterocycles. The highest BCUT2D eigenvalue weighted by molar-refractivity contribution is 5.91. The van der Waals surface area contributed by atoms with Crippen LogP contribution in [0.2, 0.25) is 0 Å². The summed E-state index contributed by atoms with van der Waals surface area (Å²) in [6.07, 6.45) is 5.30. The van der Waals surface area contributed by atoms with Crippen molar-refractivity contribution in [3.8, 4) is 11.5 Å². The predicted molar refractivity (Wildman–Crippen MR) is 117 cm³/mol. The molecule has 0 amide bonds. The fourth-order valence-electron chi connectivity index (χ4n) is 4.63. The van der Waals surface area contributed by atoms with Crippen LogP contribution in [0, 0.1) is 6.92 Å². The summed E-state index contributed by atoms with van der Waals surface area (Å²) in [6.45, 7) is 3.84. The van der Waals surface area contributed by atoms with E-state index >= 15 is 0 Å². The normalized spacial score (nSPS) is 17.2. The first-order valence-electron chi connectivity index (χ1n) is 10.3. The maximum atomic E-state index is 11.5. The molecule has 2 N–H and O–H groups in total. The number of aromatic amines is 1. The number of hydrogen-bond donors (Lipinski definition) is 2. The van der Waals surface area contributed by atoms with Crippen LogP contribution in [-0.2, 0) is 6.54 Å². The van der Waals surface area contributed by atoms with Crippen LogP contribution >= 0.6 is 0 Å². The van der Waals surface area contributed by atoms with Crippen LogP contribution < -0.4 is 9.47 Å². The Labute approximate surface area is 176 Å². The van der Waals surface area contributed by atoms with Gasteiger partial charge in [-0.25, -0.2) is 4.79 Å². The number of methoxy groups -OCH3 is 2. The molecule has 1 unspecified atom stereocenters. The Kier molecular flexibility index (Phi) is 5.68. The number of aromatic nitrogens is 1. The number of aromatic carboxylic acids is 1. The summed E-state index contributed by atoms with van der Waals surface area (Å²) >= 11 is 0. The van der Waals surface area contributed by atoms with Gasteiger partial charge in [0.05, 0.1) is 14.2 Å². The summed E-state index contributed by atoms with van der Waals surface area (Å²) < 4.78 is 11.1. The quantitative estimate of drug-likeness (QED) is 0.606. The minimum atomic E-state index is -0.974. The number of hydrogen-bond acceptors (Lipinski definition) is 4. The van der Waals surface area contributed by atoms with Gasteiger partial charge in [0.1, 0.15) is 17.1 Å². The molecule has 4 rings (SSSR count). The molecular formula is C24H28N2O4. The van der Waals surface area contributed by atoms with E-state index in [4.69, 9.17) is 9.47 Å². The zero-order valence-electron chi connectivity index (χ0n) is 17.7. The lowest BCUT2D eigenvalue weighted by atomic mass is 9.93. The van der Waals surface area contributed by atoms with Gasteiger partial charge in [0, 0.05) is 35.2 Å². The van der Waals surface area contributed by atoms with E-state index in [0.29, 0.717) is 5.75 Å². The van der Waals surface area contributed by atoms with E-state index in [0.717, 1.165) is 49.2 Å². The van der Waals surface area contributed by atoms with Gasteiger partial charge in [0.15, 0.2) is 0 Å². The molecule has 1 saturated heterocycles. The summed E-state index contributed by atoms with van der Waals surface area (Å²) in [7, 11) is 3.24. The zero-order chi connectivity index (χ0) is 21.3. The second-order valence-electron chi connectivity index (χ2n) is 7.89. The molecule has 1 aliphatic rings. The summed E-state index contributed by atoms with van der Waals surface area (Å²) in [5.41, 5.74) is 4.78. The van der Waals surface area contributed by atoms with E-state index in [1.54, 1.807) is 13.2 Å². The molecule has 30 heavy (non-hydrogen) atoms. The smallest absolute Gasteiger partial charge is 0.339 e. The Morgan fingerprint density at radius 1 is 1.17 bits per heavy atom. The van der Waals surface area contributed by atoms with Crippen LogP contribution in [0.1, 0.15) is 52.4 Å². The van der Waals surface area contributed by atoms with Crippen molar-refractivity contribution in [1.82, 2.24) is 9.88 Å². The third kappa shape index (κ3) is 3.63. The SMILES string of the molecule is COc1cc(C2CCCCN2Cc2c(OC)cc(C)c3[nH]ccc23)ccc1C(=O)O. The highest BCUT2D eigenvalue weighted by atomic mass is 16.5. The molecule has 158 valence electrons. The number of carboxylic acid groups (broad SMARTS) is 1. The molecule has 6 heteroatoms. The van der Waals surface area contributed by atoms with Crippen molar-refractivity contribution < 1.29 is 19.4 Å². The van der Waals surface area contributed by atoms with Crippen molar-refractivity contribution in [1.29, 1.82) is 0 Å². The standard InChI is InChI=1S/C24H28N2O4/c1-15-12-21(29-2)19(17-9-10-25-23(15)17)14-26-11-5-4-6-20(26)16-7-8-18(24(27)28)22(13-16)30-3/h7-10,12-13,20,25H,4-6,11,14H2,1-3H3,(H,27,28). The van der Waals surface area contributed by atoms with Crippen LogP contribution in [0.4, 0.5) is 0 Å². The monoisotopic (exact) mass is 408 g/mol. The van der Waals surface area contributed by atoms with E-state index < -0.39 is 5.97 Å². The predicted octanol–water partition coefficient (Wildman–Crippen LogP) is 4.92. The van der Waals surface area contributed by atoms with Crippen molar-refractivity contribution in [2.24, 2.45) is 0 Å². The average Bonchev–Trinajstić information content (AvgIpc) is 3.26. The number of carboxylic acids is 1. The first-order chi connectivity index (χ1) is 14.5. The zero-order valence-corrected chi connectivity index (χ0v) is 17.7. The number of likely N-dealkylation sites (tertiary alicyclic amines) is 1. The van der Waals surface area contributed by atoms with Gasteiger partial charge in [-0.2, -0.15) is 0 Å². The van der Waals surface area contributed by atoms with Crippen LogP contribution in [0.5, 0.6) is 11.5 Å². The minimum Gasteiger partial charge on any atom is -0.496 e. The molecule has 0 bridgehead atoms. The van der Waals surface area contributed by atoms with E-state index in [2.05, 4.69) is 28.9 Å². The first-order valence-corrected chi connectivity index (χ1v) is 10.3. The lowest BCUT2D eigenvalue weighted by Gasteiger charge is -2.36. The van der Waals surface area contributed by atoms with Crippen LogP contribution in [-0.4, -0.2) is 41.7 Å². The topological polar surface area (TPSA) is 74.8 Å². The number of ether oxygens (including phenoxy) is 2. The number of nitrogens with zero attached hydrogens (tertiary/aromatic N) is 1. The second-order valence-corrected chi connectivity index (χ2v) is 7.89. The number of piperidine rings is 1. The van der Waals surface area contributed by atoms with Gasteiger partial charge in [0.25, 0.3) is 0 Å². The Morgan fingerprint density at radius 2 is 1.97 bits per heavy atom. The molecule has 1 aromatic heterocycles. The van der Waals surface area contributed by atoms with E-state index in [-0.39, 0.29) is 11.6 Å². The number of aryl methyl sites for hydroxylation is 1. The van der Waals surface area contributed by atoms with E-state index in [1.165, 1.54) is 23.6 Å². The minimum absolute atomic E-state index is 0.192. The van der Waals surface area contributed by atoms with Crippen molar-refractivity contribution in [3.05, 3.63) is 58.8 Å². The molecule has 0 spiro atoms. The van der Waals surface area contributed by atoms with Gasteiger partial charge < -0.3 is 19.6 Å². The Morgan fingerprint density at radius 3 is 2.70 bits per heavy atom. The molecule has 1 aliphatic heterocycles. The molecule has 1 atom stereocenters. The van der Waals surface area contributed by atoms with Gasteiger partial charge in [0.2, 0.25) is 0 Å². The fourth-order valence-corrected chi connectivity index (χ4v) is 4.63. The number of carbonyl (C=O) groups is 1. The summed E-state index contributed by atoms with van der Waals surface area (Å²) in [6, 6.07) is 9.87. The molecule has 0 saturated carbocycles. The number of fused-ring (bicyclic) bond motifs is 1. The van der Waals surface area contributed by atoms with Crippen LogP contribution in [0.15, 0.2) is 36.5 Å². The molecule has 0 aliphatic carbocycles. The number of benzene rings is 2. The van der Waals surface area contributed by atoms with Crippen LogP contribution in [0.25, 0.3) is 10.9 Å². The van der Waals surface area contributed by atoms with Gasteiger partial charge in [-0.1, -0.05) is 12.5 Å². The van der Waals surface area contributed by atoms with Crippen LogP contribution in [0.3, 0.4) is 0 Å². The van der Waals surface area contributed by atoms with E-state index in [9.17, 15) is 9.90 Å². The number of nitrogens with one attached hydrogen (secondary N) is 1. The maximum Gasteiger partial charge on any atom is 0.339 e. The second kappa shape index (κ2) is 8.40. The van der Waals surface area contributed by atoms with Gasteiger partial charge in [-0.15, -0.1) is 0 Å². The molecule has 0 radical (unpaired) electrons. The van der Waals surface area contributed by atoms with Crippen molar-refractivity contribution >= 4 is 16.9 Å². The largest absolute Gasteiger partial charge is 0.496 e. The maximum absolute atomic E-state index is 11.5. The summed E-state index contributed by atoms with van der Waals surface area (Å²) in [4.78, 5) is 17.3. The average molecular weight is 408 g/mol. The Bertz CT molecular complexity index is 1070. The lowest BCUT2D eigenvalue weighted by Crippen LogP contribution is -2.33. The highest BCUT2D eigenvalue weighted by Crippen LogP contribution is 2.38. The van der Waals surface area contributed by atoms with Crippen molar-refractivity contribution in [3.63, 3.8) is 0 Å². The molecular weight excluding hydrogens is 380 g/mol. The molecule has 3 aromatic rings. The molecule has 2 aromatic carbocycles. The van der Waals surface area contributed by atoms with Crippen molar-refractivity contribution in [2.75, 3.05) is 20.8 Å². The first kappa shape index (κ1) is 20.3. The van der Waals surface area contributed by atoms with Crippen molar-refractivity contribution in [2.45, 2.75) is 38.8 Å². The van der Waals surface area contributed by atoms with E-state index in [1.807, 2.05) is 18.3 Å². The fraction of sp³-hybridized carbons (Fsp3) is 0.375. The molecule has 1 fully saturated rings. The van der Waals surface area contributed by atoms with Gasteiger partial charge >= 0.3 is 5.97 Å². The third-order valence-corrected chi connectivity index (χ3v) is 6.15. The highest BCUT2D eigenvalue weighted by Gasteiger charge is 2.27. The molecule has 6 nitrogen and oxygen atoms in total. The Balaban J connectivity index is 1.71. The van der Waals surface area contributed by atoms with Gasteiger partial charge in [-0.05, 0) is 61.7 Å². The summed E-state index contributed by atoms with van der Waals surface area (Å²) in [5, 5.41) is 10.6. The number of H-pyrrole nitrogens is 1. The third-order valence-electron chi connectivity index (χ3n) is 6.15. The number of rotatable bonds is 6.